The summed E-state index contributed by atoms with van der Waals surface area (Å²) >= 11 is 7.21. The number of halogens is 1. The number of benzene rings is 1. The number of ether oxygens (including phenoxy) is 1. The molecule has 3 rings (SSSR count). The van der Waals surface area contributed by atoms with Crippen LogP contribution >= 0.6 is 22.9 Å². The Kier molecular flexibility index (Phi) is 4.50. The zero-order valence-corrected chi connectivity index (χ0v) is 14.4. The highest BCUT2D eigenvalue weighted by molar-refractivity contribution is 7.22. The highest BCUT2D eigenvalue weighted by atomic mass is 35.5. The van der Waals surface area contributed by atoms with Gasteiger partial charge in [0, 0.05) is 13.2 Å². The van der Waals surface area contributed by atoms with Crippen LogP contribution in [0.2, 0.25) is 5.02 Å². The molecule has 0 atom stereocenters. The number of fused-ring (bicyclic) bond motifs is 1. The highest BCUT2D eigenvalue weighted by Crippen LogP contribution is 2.26. The average Bonchev–Trinajstić information content (AvgIpc) is 3.06. The third-order valence-corrected chi connectivity index (χ3v) is 4.31. The van der Waals surface area contributed by atoms with Crippen LogP contribution < -0.4 is 5.32 Å². The lowest BCUT2D eigenvalue weighted by Gasteiger charge is -2.03. The molecule has 2 aromatic heterocycles. The second-order valence-electron chi connectivity index (χ2n) is 5.11. The number of carbonyl (C=O) groups excluding carboxylic acids is 2. The molecule has 0 aliphatic rings. The van der Waals surface area contributed by atoms with E-state index in [4.69, 9.17) is 16.3 Å². The second-order valence-corrected chi connectivity index (χ2v) is 6.55. The fourth-order valence-electron chi connectivity index (χ4n) is 2.04. The van der Waals surface area contributed by atoms with E-state index < -0.39 is 18.5 Å². The summed E-state index contributed by atoms with van der Waals surface area (Å²) in [5, 5.41) is 7.11. The summed E-state index contributed by atoms with van der Waals surface area (Å²) in [5.74, 6) is -1.23. The van der Waals surface area contributed by atoms with Crippen molar-refractivity contribution in [1.29, 1.82) is 0 Å². The van der Waals surface area contributed by atoms with Gasteiger partial charge in [-0.15, -0.1) is 0 Å². The van der Waals surface area contributed by atoms with Gasteiger partial charge < -0.3 is 4.74 Å². The minimum Gasteiger partial charge on any atom is -0.451 e. The Bertz CT molecular complexity index is 934. The van der Waals surface area contributed by atoms with E-state index in [1.54, 1.807) is 7.05 Å². The van der Waals surface area contributed by atoms with Crippen molar-refractivity contribution in [2.24, 2.45) is 7.05 Å². The number of hydrogen-bond acceptors (Lipinski definition) is 6. The van der Waals surface area contributed by atoms with Crippen LogP contribution in [0.5, 0.6) is 0 Å². The predicted molar refractivity (Wildman–Crippen MR) is 91.5 cm³/mol. The van der Waals surface area contributed by atoms with Gasteiger partial charge in [0.05, 0.1) is 15.2 Å². The minimum absolute atomic E-state index is 0.0255. The van der Waals surface area contributed by atoms with Gasteiger partial charge in [-0.2, -0.15) is 5.10 Å². The SMILES string of the molecule is Cc1ccc2nc(NC(=O)COC(=O)c3nn(C)cc3Cl)sc2c1. The molecule has 3 aromatic rings. The van der Waals surface area contributed by atoms with Crippen LogP contribution in [0.15, 0.2) is 24.4 Å². The Morgan fingerprint density at radius 1 is 1.42 bits per heavy atom. The standard InChI is InChI=1S/C15H13ClN4O3S/c1-8-3-4-10-11(5-8)24-15(17-10)18-12(21)7-23-14(22)13-9(16)6-20(2)19-13/h3-6H,7H2,1-2H3,(H,17,18,21). The predicted octanol–water partition coefficient (Wildman–Crippen LogP) is 2.79. The van der Waals surface area contributed by atoms with Crippen molar-refractivity contribution < 1.29 is 14.3 Å². The Hall–Kier alpha value is -2.45. The number of nitrogens with zero attached hydrogens (tertiary/aromatic N) is 3. The quantitative estimate of drug-likeness (QED) is 0.719. The van der Waals surface area contributed by atoms with Crippen LogP contribution in [0.4, 0.5) is 5.13 Å². The first-order valence-corrected chi connectivity index (χ1v) is 8.15. The van der Waals surface area contributed by atoms with Gasteiger partial charge in [-0.05, 0) is 24.6 Å². The topological polar surface area (TPSA) is 86.1 Å². The highest BCUT2D eigenvalue weighted by Gasteiger charge is 2.18. The van der Waals surface area contributed by atoms with Crippen LogP contribution in [-0.4, -0.2) is 33.2 Å². The van der Waals surface area contributed by atoms with Gasteiger partial charge in [-0.3, -0.25) is 14.8 Å². The van der Waals surface area contributed by atoms with Crippen molar-refractivity contribution in [1.82, 2.24) is 14.8 Å². The molecule has 24 heavy (non-hydrogen) atoms. The molecule has 1 amide bonds. The Morgan fingerprint density at radius 2 is 2.21 bits per heavy atom. The number of rotatable bonds is 4. The summed E-state index contributed by atoms with van der Waals surface area (Å²) < 4.78 is 7.28. The second kappa shape index (κ2) is 6.58. The number of aryl methyl sites for hydroxylation is 2. The summed E-state index contributed by atoms with van der Waals surface area (Å²) in [5.41, 5.74) is 1.89. The van der Waals surface area contributed by atoms with E-state index in [1.165, 1.54) is 22.2 Å². The molecule has 0 saturated heterocycles. The maximum Gasteiger partial charge on any atom is 0.360 e. The van der Waals surface area contributed by atoms with Crippen molar-refractivity contribution in [2.75, 3.05) is 11.9 Å². The maximum atomic E-state index is 11.9. The largest absolute Gasteiger partial charge is 0.451 e. The molecular formula is C15H13ClN4O3S. The van der Waals surface area contributed by atoms with E-state index in [2.05, 4.69) is 15.4 Å². The molecular weight excluding hydrogens is 352 g/mol. The summed E-state index contributed by atoms with van der Waals surface area (Å²) in [4.78, 5) is 28.0. The third-order valence-electron chi connectivity index (χ3n) is 3.10. The molecule has 124 valence electrons. The molecule has 0 saturated carbocycles. The van der Waals surface area contributed by atoms with E-state index in [0.29, 0.717) is 5.13 Å². The number of hydrogen-bond donors (Lipinski definition) is 1. The lowest BCUT2D eigenvalue weighted by atomic mass is 10.2. The molecule has 9 heteroatoms. The number of esters is 1. The minimum atomic E-state index is -0.754. The van der Waals surface area contributed by atoms with Gasteiger partial charge in [-0.1, -0.05) is 29.0 Å². The lowest BCUT2D eigenvalue weighted by Crippen LogP contribution is -2.21. The first-order valence-electron chi connectivity index (χ1n) is 6.95. The molecule has 0 unspecified atom stereocenters. The molecule has 1 N–H and O–H groups in total. The Labute approximate surface area is 146 Å². The van der Waals surface area contributed by atoms with E-state index in [9.17, 15) is 9.59 Å². The number of aromatic nitrogens is 3. The van der Waals surface area contributed by atoms with Gasteiger partial charge in [0.25, 0.3) is 5.91 Å². The van der Waals surface area contributed by atoms with Crippen molar-refractivity contribution in [3.8, 4) is 0 Å². The molecule has 0 bridgehead atoms. The Balaban J connectivity index is 1.60. The van der Waals surface area contributed by atoms with Crippen LogP contribution in [0.3, 0.4) is 0 Å². The van der Waals surface area contributed by atoms with Crippen molar-refractivity contribution in [3.05, 3.63) is 40.7 Å². The zero-order chi connectivity index (χ0) is 17.3. The fraction of sp³-hybridized carbons (Fsp3) is 0.200. The summed E-state index contributed by atoms with van der Waals surface area (Å²) in [6.45, 7) is 1.54. The van der Waals surface area contributed by atoms with E-state index in [-0.39, 0.29) is 10.7 Å². The number of carbonyl (C=O) groups is 2. The fourth-order valence-corrected chi connectivity index (χ4v) is 3.27. The van der Waals surface area contributed by atoms with Gasteiger partial charge in [0.15, 0.2) is 17.4 Å². The van der Waals surface area contributed by atoms with Crippen molar-refractivity contribution >= 4 is 50.2 Å². The summed E-state index contributed by atoms with van der Waals surface area (Å²) in [6.07, 6.45) is 1.47. The first-order chi connectivity index (χ1) is 11.4. The summed E-state index contributed by atoms with van der Waals surface area (Å²) in [7, 11) is 1.63. The van der Waals surface area contributed by atoms with Gasteiger partial charge in [0.1, 0.15) is 0 Å². The van der Waals surface area contributed by atoms with Crippen LogP contribution in [-0.2, 0) is 16.6 Å². The van der Waals surface area contributed by atoms with Gasteiger partial charge >= 0.3 is 5.97 Å². The van der Waals surface area contributed by atoms with Crippen molar-refractivity contribution in [2.45, 2.75) is 6.92 Å². The molecule has 7 nitrogen and oxygen atoms in total. The number of thiazole rings is 1. The first kappa shape index (κ1) is 16.4. The molecule has 0 aliphatic heterocycles. The van der Waals surface area contributed by atoms with E-state index in [1.807, 2.05) is 25.1 Å². The molecule has 0 fully saturated rings. The van der Waals surface area contributed by atoms with Gasteiger partial charge in [0.2, 0.25) is 0 Å². The van der Waals surface area contributed by atoms with E-state index >= 15 is 0 Å². The smallest absolute Gasteiger partial charge is 0.360 e. The normalized spacial score (nSPS) is 10.8. The molecule has 0 aliphatic carbocycles. The zero-order valence-electron chi connectivity index (χ0n) is 12.9. The monoisotopic (exact) mass is 364 g/mol. The Morgan fingerprint density at radius 3 is 2.92 bits per heavy atom. The third kappa shape index (κ3) is 3.55. The molecule has 2 heterocycles. The molecule has 0 spiro atoms. The molecule has 0 radical (unpaired) electrons. The number of anilines is 1. The maximum absolute atomic E-state index is 11.9. The van der Waals surface area contributed by atoms with Gasteiger partial charge in [-0.25, -0.2) is 9.78 Å². The van der Waals surface area contributed by atoms with Crippen LogP contribution in [0.1, 0.15) is 16.1 Å². The lowest BCUT2D eigenvalue weighted by molar-refractivity contribution is -0.119. The van der Waals surface area contributed by atoms with E-state index in [0.717, 1.165) is 15.8 Å². The summed E-state index contributed by atoms with van der Waals surface area (Å²) in [6, 6.07) is 5.83. The van der Waals surface area contributed by atoms with Crippen LogP contribution in [0, 0.1) is 6.92 Å². The molecule has 1 aromatic carbocycles. The van der Waals surface area contributed by atoms with Crippen molar-refractivity contribution in [3.63, 3.8) is 0 Å². The number of nitrogens with one attached hydrogen (secondary N) is 1. The number of amides is 1. The van der Waals surface area contributed by atoms with Crippen LogP contribution in [0.25, 0.3) is 10.2 Å². The average molecular weight is 365 g/mol.